The lowest BCUT2D eigenvalue weighted by molar-refractivity contribution is 0.167. The van der Waals surface area contributed by atoms with E-state index >= 15 is 0 Å². The van der Waals surface area contributed by atoms with E-state index in [0.29, 0.717) is 0 Å². The predicted octanol–water partition coefficient (Wildman–Crippen LogP) is 6.04. The third-order valence-corrected chi connectivity index (χ3v) is 5.00. The van der Waals surface area contributed by atoms with Crippen LogP contribution in [0.5, 0.6) is 0 Å². The molecule has 0 bridgehead atoms. The number of rotatable bonds is 3. The number of carbonyl (C=O) groups is 1. The fraction of sp³-hybridized carbons (Fsp3) is 0.0833. The molecule has 32 heavy (non-hydrogen) atoms. The van der Waals surface area contributed by atoms with Gasteiger partial charge in [-0.25, -0.2) is 4.79 Å². The number of ether oxygens (including phenoxy) is 1. The largest absolute Gasteiger partial charge is 0.449 e. The quantitative estimate of drug-likeness (QED) is 0.289. The van der Waals surface area contributed by atoms with Gasteiger partial charge in [0.1, 0.15) is 6.61 Å². The van der Waals surface area contributed by atoms with Crippen molar-refractivity contribution in [1.82, 2.24) is 4.98 Å². The van der Waals surface area contributed by atoms with Crippen LogP contribution in [0, 0.1) is 6.92 Å². The molecule has 0 fully saturated rings. The molecule has 1 heterocycles. The predicted molar refractivity (Wildman–Crippen MR) is 125 cm³/mol. The highest BCUT2D eigenvalue weighted by Gasteiger charge is 2.06. The van der Waals surface area contributed by atoms with E-state index in [1.165, 1.54) is 17.5 Å². The molecule has 8 heteroatoms. The Kier molecular flexibility index (Phi) is 9.81. The molecular formula is C24H22ClNO5S. The second-order valence-corrected chi connectivity index (χ2v) is 8.23. The van der Waals surface area contributed by atoms with Crippen LogP contribution in [0.15, 0.2) is 102 Å². The van der Waals surface area contributed by atoms with Gasteiger partial charge < -0.3 is 4.74 Å². The summed E-state index contributed by atoms with van der Waals surface area (Å²) in [6.45, 7) is 2.08. The SMILES string of the molecule is Cc1ccc(S(=O)(=O)O)cc1.O=C(Cl)OCc1ccccc1.c1ccc2ncccc2c1. The molecule has 0 aliphatic heterocycles. The van der Waals surface area contributed by atoms with Gasteiger partial charge in [0.15, 0.2) is 0 Å². The summed E-state index contributed by atoms with van der Waals surface area (Å²) in [5.74, 6) is 0. The fourth-order valence-corrected chi connectivity index (χ4v) is 2.98. The van der Waals surface area contributed by atoms with E-state index in [0.717, 1.165) is 16.6 Å². The molecule has 0 aliphatic rings. The number of hydrogen-bond acceptors (Lipinski definition) is 5. The maximum atomic E-state index is 10.5. The molecular weight excluding hydrogens is 450 g/mol. The van der Waals surface area contributed by atoms with E-state index in [1.807, 2.05) is 67.7 Å². The molecule has 4 rings (SSSR count). The molecule has 0 amide bonds. The highest BCUT2D eigenvalue weighted by Crippen LogP contribution is 2.09. The zero-order valence-electron chi connectivity index (χ0n) is 17.3. The van der Waals surface area contributed by atoms with Gasteiger partial charge in [0, 0.05) is 23.2 Å². The Morgan fingerprint density at radius 1 is 0.906 bits per heavy atom. The molecule has 4 aromatic rings. The number of aromatic nitrogens is 1. The lowest BCUT2D eigenvalue weighted by atomic mass is 10.2. The van der Waals surface area contributed by atoms with Gasteiger partial charge in [-0.3, -0.25) is 9.54 Å². The minimum atomic E-state index is -4.02. The molecule has 0 saturated heterocycles. The van der Waals surface area contributed by atoms with Crippen molar-refractivity contribution in [3.8, 4) is 0 Å². The average Bonchev–Trinajstić information content (AvgIpc) is 2.79. The Morgan fingerprint density at radius 3 is 2.09 bits per heavy atom. The highest BCUT2D eigenvalue weighted by atomic mass is 35.5. The van der Waals surface area contributed by atoms with Crippen LogP contribution in [0.25, 0.3) is 10.9 Å². The molecule has 0 spiro atoms. The van der Waals surface area contributed by atoms with Crippen LogP contribution in [0.2, 0.25) is 0 Å². The summed E-state index contributed by atoms with van der Waals surface area (Å²) < 4.78 is 34.1. The first-order valence-corrected chi connectivity index (χ1v) is 11.3. The first-order chi connectivity index (χ1) is 15.3. The van der Waals surface area contributed by atoms with Gasteiger partial charge >= 0.3 is 5.43 Å². The zero-order valence-corrected chi connectivity index (χ0v) is 18.8. The summed E-state index contributed by atoms with van der Waals surface area (Å²) in [5, 5.41) is 1.20. The van der Waals surface area contributed by atoms with Crippen LogP contribution < -0.4 is 0 Å². The normalized spacial score (nSPS) is 10.2. The topological polar surface area (TPSA) is 93.6 Å². The molecule has 0 radical (unpaired) electrons. The molecule has 0 atom stereocenters. The summed E-state index contributed by atoms with van der Waals surface area (Å²) in [7, 11) is -4.02. The Labute approximate surface area is 192 Å². The Hall–Kier alpha value is -3.26. The summed E-state index contributed by atoms with van der Waals surface area (Å²) in [4.78, 5) is 14.3. The zero-order chi connectivity index (χ0) is 23.4. The average molecular weight is 472 g/mol. The standard InChI is InChI=1S/C9H7N.C8H7ClO2.C7H8O3S/c1-2-6-9-8(4-1)5-3-7-10-9;9-8(10)11-6-7-4-2-1-3-5-7;1-6-2-4-7(5-3-6)11(8,9)10/h1-7H;1-5H,6H2;2-5H,1H3,(H,8,9,10). The van der Waals surface area contributed by atoms with Crippen LogP contribution in [-0.2, 0) is 21.5 Å². The molecule has 166 valence electrons. The molecule has 6 nitrogen and oxygen atoms in total. The third-order valence-electron chi connectivity index (χ3n) is 4.03. The van der Waals surface area contributed by atoms with E-state index in [9.17, 15) is 13.2 Å². The van der Waals surface area contributed by atoms with Gasteiger partial charge in [-0.1, -0.05) is 72.3 Å². The minimum absolute atomic E-state index is 0.0666. The maximum Gasteiger partial charge on any atom is 0.404 e. The van der Waals surface area contributed by atoms with E-state index in [2.05, 4.69) is 21.9 Å². The maximum absolute atomic E-state index is 10.5. The number of para-hydroxylation sites is 1. The van der Waals surface area contributed by atoms with Gasteiger partial charge in [-0.2, -0.15) is 8.42 Å². The second kappa shape index (κ2) is 12.6. The molecule has 1 N–H and O–H groups in total. The first kappa shape index (κ1) is 25.0. The van der Waals surface area contributed by atoms with Crippen molar-refractivity contribution in [3.05, 3.63) is 108 Å². The lowest BCUT2D eigenvalue weighted by Gasteiger charge is -1.98. The van der Waals surface area contributed by atoms with E-state index in [4.69, 9.17) is 16.2 Å². The number of carbonyl (C=O) groups excluding carboxylic acids is 1. The van der Waals surface area contributed by atoms with Crippen molar-refractivity contribution in [3.63, 3.8) is 0 Å². The number of pyridine rings is 1. The van der Waals surface area contributed by atoms with Crippen molar-refractivity contribution in [2.75, 3.05) is 0 Å². The van der Waals surface area contributed by atoms with Gasteiger partial charge in [0.2, 0.25) is 0 Å². The van der Waals surface area contributed by atoms with Gasteiger partial charge in [-0.05, 0) is 36.8 Å². The summed E-state index contributed by atoms with van der Waals surface area (Å²) >= 11 is 4.97. The second-order valence-electron chi connectivity index (χ2n) is 6.50. The van der Waals surface area contributed by atoms with Crippen LogP contribution in [0.1, 0.15) is 11.1 Å². The van der Waals surface area contributed by atoms with Crippen LogP contribution in [-0.4, -0.2) is 23.4 Å². The molecule has 0 unspecified atom stereocenters. The number of aryl methyl sites for hydroxylation is 1. The van der Waals surface area contributed by atoms with Crippen LogP contribution in [0.4, 0.5) is 4.79 Å². The Morgan fingerprint density at radius 2 is 1.50 bits per heavy atom. The summed E-state index contributed by atoms with van der Waals surface area (Å²) in [6.07, 6.45) is 1.81. The number of fused-ring (bicyclic) bond motifs is 1. The number of nitrogens with zero attached hydrogens (tertiary/aromatic N) is 1. The van der Waals surface area contributed by atoms with Crippen molar-refractivity contribution in [2.45, 2.75) is 18.4 Å². The van der Waals surface area contributed by atoms with E-state index < -0.39 is 15.5 Å². The summed E-state index contributed by atoms with van der Waals surface area (Å²) in [6, 6.07) is 27.4. The lowest BCUT2D eigenvalue weighted by Crippen LogP contribution is -1.96. The highest BCUT2D eigenvalue weighted by molar-refractivity contribution is 7.85. The fourth-order valence-electron chi connectivity index (χ4n) is 2.44. The molecule has 1 aromatic heterocycles. The third kappa shape index (κ3) is 9.26. The Balaban J connectivity index is 0.000000170. The minimum Gasteiger partial charge on any atom is -0.449 e. The monoisotopic (exact) mass is 471 g/mol. The van der Waals surface area contributed by atoms with Gasteiger partial charge in [0.25, 0.3) is 10.1 Å². The number of benzene rings is 3. The van der Waals surface area contributed by atoms with Crippen molar-refractivity contribution in [1.29, 1.82) is 0 Å². The van der Waals surface area contributed by atoms with Crippen molar-refractivity contribution < 1.29 is 22.5 Å². The van der Waals surface area contributed by atoms with Gasteiger partial charge in [-0.15, -0.1) is 0 Å². The van der Waals surface area contributed by atoms with Crippen molar-refractivity contribution in [2.24, 2.45) is 0 Å². The molecule has 0 aliphatic carbocycles. The van der Waals surface area contributed by atoms with Crippen LogP contribution >= 0.6 is 11.6 Å². The van der Waals surface area contributed by atoms with Gasteiger partial charge in [0.05, 0.1) is 10.4 Å². The Bertz CT molecular complexity index is 1160. The molecule has 3 aromatic carbocycles. The number of halogens is 1. The van der Waals surface area contributed by atoms with E-state index in [-0.39, 0.29) is 11.5 Å². The molecule has 0 saturated carbocycles. The van der Waals surface area contributed by atoms with Crippen LogP contribution in [0.3, 0.4) is 0 Å². The number of hydrogen-bond donors (Lipinski definition) is 1. The smallest absolute Gasteiger partial charge is 0.404 e. The van der Waals surface area contributed by atoms with Crippen molar-refractivity contribution >= 4 is 38.1 Å². The first-order valence-electron chi connectivity index (χ1n) is 9.46. The summed E-state index contributed by atoms with van der Waals surface area (Å²) in [5.41, 5.74) is 2.18. The van der Waals surface area contributed by atoms with E-state index in [1.54, 1.807) is 12.1 Å².